The van der Waals surface area contributed by atoms with Crippen LogP contribution in [0.1, 0.15) is 42.5 Å². The standard InChI is InChI=1S/C20H25N3O3/c1-22-14-16(20(24)23-9-4-2-3-5-10-23)19(21-22)15-7-8-17-18(13-15)26-12-6-11-25-17/h7-8,13-14H,2-6,9-12H2,1H3. The van der Waals surface area contributed by atoms with Crippen molar-refractivity contribution in [1.29, 1.82) is 0 Å². The summed E-state index contributed by atoms with van der Waals surface area (Å²) in [5.41, 5.74) is 2.24. The first-order valence-corrected chi connectivity index (χ1v) is 9.45. The van der Waals surface area contributed by atoms with E-state index in [1.54, 1.807) is 4.68 Å². The van der Waals surface area contributed by atoms with Crippen LogP contribution in [0.25, 0.3) is 11.3 Å². The van der Waals surface area contributed by atoms with E-state index in [-0.39, 0.29) is 5.91 Å². The van der Waals surface area contributed by atoms with Crippen molar-refractivity contribution in [2.24, 2.45) is 7.05 Å². The van der Waals surface area contributed by atoms with Crippen LogP contribution in [0.2, 0.25) is 0 Å². The predicted octanol–water partition coefficient (Wildman–Crippen LogP) is 3.26. The zero-order valence-corrected chi connectivity index (χ0v) is 15.2. The Kier molecular flexibility index (Phi) is 4.82. The Labute approximate surface area is 153 Å². The Balaban J connectivity index is 1.67. The highest BCUT2D eigenvalue weighted by Crippen LogP contribution is 2.35. The third-order valence-electron chi connectivity index (χ3n) is 4.97. The van der Waals surface area contributed by atoms with Crippen LogP contribution in [0, 0.1) is 0 Å². The average Bonchev–Trinajstić information content (AvgIpc) is 2.86. The quantitative estimate of drug-likeness (QED) is 0.830. The first-order chi connectivity index (χ1) is 12.7. The highest BCUT2D eigenvalue weighted by atomic mass is 16.5. The minimum Gasteiger partial charge on any atom is -0.490 e. The molecule has 0 atom stereocenters. The Morgan fingerprint density at radius 2 is 1.73 bits per heavy atom. The number of carbonyl (C=O) groups is 1. The maximum Gasteiger partial charge on any atom is 0.257 e. The molecule has 0 radical (unpaired) electrons. The van der Waals surface area contributed by atoms with Gasteiger partial charge in [0.25, 0.3) is 5.91 Å². The Morgan fingerprint density at radius 3 is 2.50 bits per heavy atom. The summed E-state index contributed by atoms with van der Waals surface area (Å²) in [5, 5.41) is 4.57. The molecule has 6 nitrogen and oxygen atoms in total. The molecule has 2 aliphatic heterocycles. The van der Waals surface area contributed by atoms with Crippen molar-refractivity contribution in [3.05, 3.63) is 30.0 Å². The molecule has 138 valence electrons. The minimum absolute atomic E-state index is 0.0714. The van der Waals surface area contributed by atoms with E-state index in [0.29, 0.717) is 24.5 Å². The lowest BCUT2D eigenvalue weighted by Gasteiger charge is -2.20. The summed E-state index contributed by atoms with van der Waals surface area (Å²) in [6, 6.07) is 5.79. The number of amides is 1. The monoisotopic (exact) mass is 355 g/mol. The van der Waals surface area contributed by atoms with E-state index in [9.17, 15) is 4.79 Å². The molecular formula is C20H25N3O3. The molecule has 0 bridgehead atoms. The van der Waals surface area contributed by atoms with Gasteiger partial charge in [-0.05, 0) is 31.0 Å². The van der Waals surface area contributed by atoms with Gasteiger partial charge in [-0.2, -0.15) is 5.10 Å². The number of aromatic nitrogens is 2. The average molecular weight is 355 g/mol. The zero-order chi connectivity index (χ0) is 17.9. The van der Waals surface area contributed by atoms with Gasteiger partial charge in [0.05, 0.1) is 18.8 Å². The molecule has 0 N–H and O–H groups in total. The molecule has 26 heavy (non-hydrogen) atoms. The van der Waals surface area contributed by atoms with Crippen LogP contribution in [0.15, 0.2) is 24.4 Å². The van der Waals surface area contributed by atoms with E-state index in [2.05, 4.69) is 5.10 Å². The van der Waals surface area contributed by atoms with Gasteiger partial charge in [-0.25, -0.2) is 0 Å². The van der Waals surface area contributed by atoms with E-state index in [1.165, 1.54) is 12.8 Å². The van der Waals surface area contributed by atoms with Crippen LogP contribution < -0.4 is 9.47 Å². The minimum atomic E-state index is 0.0714. The number of ether oxygens (including phenoxy) is 2. The van der Waals surface area contributed by atoms with Crippen LogP contribution in [0.3, 0.4) is 0 Å². The number of benzene rings is 1. The zero-order valence-electron chi connectivity index (χ0n) is 15.2. The lowest BCUT2D eigenvalue weighted by molar-refractivity contribution is 0.0762. The van der Waals surface area contributed by atoms with Crippen LogP contribution in [-0.2, 0) is 7.05 Å². The fourth-order valence-electron chi connectivity index (χ4n) is 3.61. The van der Waals surface area contributed by atoms with Crippen LogP contribution in [-0.4, -0.2) is 46.9 Å². The van der Waals surface area contributed by atoms with E-state index in [1.807, 2.05) is 36.3 Å². The van der Waals surface area contributed by atoms with Gasteiger partial charge in [0.15, 0.2) is 11.5 Å². The van der Waals surface area contributed by atoms with Crippen LogP contribution in [0.5, 0.6) is 11.5 Å². The van der Waals surface area contributed by atoms with Gasteiger partial charge in [-0.3, -0.25) is 9.48 Å². The SMILES string of the molecule is Cn1cc(C(=O)N2CCCCCC2)c(-c2ccc3c(c2)OCCCO3)n1. The third-order valence-corrected chi connectivity index (χ3v) is 4.97. The molecule has 1 aromatic carbocycles. The number of rotatable bonds is 2. The smallest absolute Gasteiger partial charge is 0.257 e. The van der Waals surface area contributed by atoms with Gasteiger partial charge < -0.3 is 14.4 Å². The van der Waals surface area contributed by atoms with E-state index < -0.39 is 0 Å². The number of aryl methyl sites for hydroxylation is 1. The second-order valence-electron chi connectivity index (χ2n) is 6.98. The molecule has 1 amide bonds. The molecule has 1 aromatic heterocycles. The molecule has 1 fully saturated rings. The first-order valence-electron chi connectivity index (χ1n) is 9.45. The molecule has 0 aliphatic carbocycles. The summed E-state index contributed by atoms with van der Waals surface area (Å²) < 4.78 is 13.2. The van der Waals surface area contributed by atoms with Crippen LogP contribution in [0.4, 0.5) is 0 Å². The molecular weight excluding hydrogens is 330 g/mol. The van der Waals surface area contributed by atoms with Crippen molar-refractivity contribution in [1.82, 2.24) is 14.7 Å². The molecule has 2 aliphatic rings. The molecule has 0 unspecified atom stereocenters. The molecule has 1 saturated heterocycles. The molecule has 0 spiro atoms. The number of hydrogen-bond donors (Lipinski definition) is 0. The van der Waals surface area contributed by atoms with Crippen molar-refractivity contribution in [2.45, 2.75) is 32.1 Å². The maximum absolute atomic E-state index is 13.1. The fraction of sp³-hybridized carbons (Fsp3) is 0.500. The summed E-state index contributed by atoms with van der Waals surface area (Å²) in [6.45, 7) is 2.95. The van der Waals surface area contributed by atoms with Crippen molar-refractivity contribution in [3.8, 4) is 22.8 Å². The summed E-state index contributed by atoms with van der Waals surface area (Å²) >= 11 is 0. The Morgan fingerprint density at radius 1 is 1.00 bits per heavy atom. The van der Waals surface area contributed by atoms with Gasteiger partial charge >= 0.3 is 0 Å². The van der Waals surface area contributed by atoms with Crippen molar-refractivity contribution < 1.29 is 14.3 Å². The lowest BCUT2D eigenvalue weighted by Crippen LogP contribution is -2.31. The van der Waals surface area contributed by atoms with E-state index >= 15 is 0 Å². The Hall–Kier alpha value is -2.50. The summed E-state index contributed by atoms with van der Waals surface area (Å²) in [5.74, 6) is 1.54. The first kappa shape index (κ1) is 16.9. The third kappa shape index (κ3) is 3.41. The van der Waals surface area contributed by atoms with Crippen molar-refractivity contribution in [3.63, 3.8) is 0 Å². The van der Waals surface area contributed by atoms with Crippen molar-refractivity contribution in [2.75, 3.05) is 26.3 Å². The number of fused-ring (bicyclic) bond motifs is 1. The number of carbonyl (C=O) groups excluding carboxylic acids is 1. The summed E-state index contributed by atoms with van der Waals surface area (Å²) in [6.07, 6.45) is 7.24. The highest BCUT2D eigenvalue weighted by molar-refractivity contribution is 6.00. The molecule has 0 saturated carbocycles. The van der Waals surface area contributed by atoms with Gasteiger partial charge in [0.2, 0.25) is 0 Å². The predicted molar refractivity (Wildman–Crippen MR) is 98.6 cm³/mol. The van der Waals surface area contributed by atoms with Gasteiger partial charge in [-0.1, -0.05) is 12.8 Å². The molecule has 3 heterocycles. The normalized spacial score (nSPS) is 17.5. The van der Waals surface area contributed by atoms with Gasteiger partial charge in [0, 0.05) is 38.3 Å². The highest BCUT2D eigenvalue weighted by Gasteiger charge is 2.24. The van der Waals surface area contributed by atoms with Crippen molar-refractivity contribution >= 4 is 5.91 Å². The lowest BCUT2D eigenvalue weighted by atomic mass is 10.1. The second-order valence-corrected chi connectivity index (χ2v) is 6.98. The molecule has 4 rings (SSSR count). The molecule has 2 aromatic rings. The number of nitrogens with zero attached hydrogens (tertiary/aromatic N) is 3. The maximum atomic E-state index is 13.1. The molecule has 6 heteroatoms. The van der Waals surface area contributed by atoms with Gasteiger partial charge in [0.1, 0.15) is 5.69 Å². The largest absolute Gasteiger partial charge is 0.490 e. The summed E-state index contributed by atoms with van der Waals surface area (Å²) in [7, 11) is 1.85. The van der Waals surface area contributed by atoms with Crippen LogP contribution >= 0.6 is 0 Å². The second kappa shape index (κ2) is 7.40. The topological polar surface area (TPSA) is 56.6 Å². The Bertz CT molecular complexity index is 792. The fourth-order valence-corrected chi connectivity index (χ4v) is 3.61. The summed E-state index contributed by atoms with van der Waals surface area (Å²) in [4.78, 5) is 15.1. The van der Waals surface area contributed by atoms with E-state index in [0.717, 1.165) is 49.4 Å². The van der Waals surface area contributed by atoms with Gasteiger partial charge in [-0.15, -0.1) is 0 Å². The number of hydrogen-bond acceptors (Lipinski definition) is 4. The number of likely N-dealkylation sites (tertiary alicyclic amines) is 1. The van der Waals surface area contributed by atoms with E-state index in [4.69, 9.17) is 9.47 Å².